The average Bonchev–Trinajstić information content (AvgIpc) is 3.34. The molecule has 2 saturated carbocycles. The van der Waals surface area contributed by atoms with Gasteiger partial charge in [-0.3, -0.25) is 9.89 Å². The number of aromatic nitrogens is 2. The van der Waals surface area contributed by atoms with Gasteiger partial charge in [-0.1, -0.05) is 0 Å². The van der Waals surface area contributed by atoms with Crippen LogP contribution in [0.15, 0.2) is 30.5 Å². The summed E-state index contributed by atoms with van der Waals surface area (Å²) >= 11 is 0. The number of carbonyl (C=O) groups excluding carboxylic acids is 1. The van der Waals surface area contributed by atoms with Crippen molar-refractivity contribution in [3.8, 4) is 5.75 Å². The highest BCUT2D eigenvalue weighted by Crippen LogP contribution is 2.35. The van der Waals surface area contributed by atoms with Crippen molar-refractivity contribution in [2.75, 3.05) is 0 Å². The van der Waals surface area contributed by atoms with Crippen LogP contribution in [0.2, 0.25) is 0 Å². The summed E-state index contributed by atoms with van der Waals surface area (Å²) in [5.41, 5.74) is 3.28. The second-order valence-corrected chi connectivity index (χ2v) is 7.91. The van der Waals surface area contributed by atoms with E-state index in [0.717, 1.165) is 56.3 Å². The zero-order valence-corrected chi connectivity index (χ0v) is 15.0. The normalized spacial score (nSPS) is 22.4. The fraction of sp³-hybridized carbons (Fsp3) is 0.524. The highest BCUT2D eigenvalue weighted by molar-refractivity contribution is 5.95. The van der Waals surface area contributed by atoms with Crippen molar-refractivity contribution < 1.29 is 9.53 Å². The number of H-pyrrole nitrogens is 1. The van der Waals surface area contributed by atoms with Crippen molar-refractivity contribution in [1.29, 1.82) is 0 Å². The summed E-state index contributed by atoms with van der Waals surface area (Å²) in [5.74, 6) is 1.05. The van der Waals surface area contributed by atoms with Gasteiger partial charge in [-0.05, 0) is 81.2 Å². The largest absolute Gasteiger partial charge is 0.490 e. The molecule has 0 spiro atoms. The standard InChI is InChI=1S/C21H25N3O2/c25-21(14-4-9-19(10-5-14)26-18-2-1-3-18)24(16-6-7-16)17-8-11-20-15(12-17)13-22-23-20/h4-5,9-10,13,16-18H,1-3,6-8,11-12H2,(H,22,23). The Morgan fingerprint density at radius 3 is 2.58 bits per heavy atom. The zero-order chi connectivity index (χ0) is 17.5. The first-order valence-corrected chi connectivity index (χ1v) is 9.88. The van der Waals surface area contributed by atoms with Crippen LogP contribution in [0, 0.1) is 0 Å². The van der Waals surface area contributed by atoms with E-state index in [2.05, 4.69) is 15.1 Å². The maximum Gasteiger partial charge on any atom is 0.254 e. The van der Waals surface area contributed by atoms with Crippen molar-refractivity contribution >= 4 is 5.91 Å². The SMILES string of the molecule is O=C(c1ccc(OC2CCC2)cc1)N(C1CC1)C1CCc2[nH]ncc2C1. The number of nitrogens with one attached hydrogen (secondary N) is 1. The Labute approximate surface area is 153 Å². The van der Waals surface area contributed by atoms with E-state index >= 15 is 0 Å². The lowest BCUT2D eigenvalue weighted by Gasteiger charge is -2.34. The van der Waals surface area contributed by atoms with Crippen molar-refractivity contribution in [2.24, 2.45) is 0 Å². The molecule has 2 fully saturated rings. The molecule has 5 nitrogen and oxygen atoms in total. The van der Waals surface area contributed by atoms with Gasteiger partial charge in [0, 0.05) is 23.3 Å². The Balaban J connectivity index is 1.32. The summed E-state index contributed by atoms with van der Waals surface area (Å²) in [7, 11) is 0. The molecule has 1 aromatic carbocycles. The molecule has 0 radical (unpaired) electrons. The van der Waals surface area contributed by atoms with Crippen LogP contribution in [0.5, 0.6) is 5.75 Å². The number of amides is 1. The number of benzene rings is 1. The topological polar surface area (TPSA) is 58.2 Å². The highest BCUT2D eigenvalue weighted by Gasteiger charge is 2.39. The van der Waals surface area contributed by atoms with Crippen LogP contribution >= 0.6 is 0 Å². The van der Waals surface area contributed by atoms with E-state index in [1.807, 2.05) is 30.5 Å². The summed E-state index contributed by atoms with van der Waals surface area (Å²) in [6, 6.07) is 8.45. The van der Waals surface area contributed by atoms with E-state index in [-0.39, 0.29) is 11.9 Å². The minimum atomic E-state index is 0.166. The number of rotatable bonds is 5. The molecule has 136 valence electrons. The van der Waals surface area contributed by atoms with Gasteiger partial charge < -0.3 is 9.64 Å². The van der Waals surface area contributed by atoms with Gasteiger partial charge in [0.1, 0.15) is 5.75 Å². The average molecular weight is 351 g/mol. The minimum absolute atomic E-state index is 0.166. The quantitative estimate of drug-likeness (QED) is 0.897. The van der Waals surface area contributed by atoms with Gasteiger partial charge in [0.05, 0.1) is 12.3 Å². The summed E-state index contributed by atoms with van der Waals surface area (Å²) in [6.45, 7) is 0. The van der Waals surface area contributed by atoms with Crippen LogP contribution in [0.3, 0.4) is 0 Å². The van der Waals surface area contributed by atoms with Gasteiger partial charge in [0.25, 0.3) is 5.91 Å². The first-order chi connectivity index (χ1) is 12.8. The Morgan fingerprint density at radius 1 is 1.08 bits per heavy atom. The summed E-state index contributed by atoms with van der Waals surface area (Å²) in [6.07, 6.45) is 11.0. The van der Waals surface area contributed by atoms with Crippen LogP contribution in [0.1, 0.15) is 60.1 Å². The second kappa shape index (κ2) is 6.45. The van der Waals surface area contributed by atoms with E-state index in [9.17, 15) is 4.79 Å². The Kier molecular flexibility index (Phi) is 3.95. The van der Waals surface area contributed by atoms with Crippen LogP contribution in [0.25, 0.3) is 0 Å². The van der Waals surface area contributed by atoms with Crippen molar-refractivity contribution in [2.45, 2.75) is 69.6 Å². The second-order valence-electron chi connectivity index (χ2n) is 7.91. The number of nitrogens with zero attached hydrogens (tertiary/aromatic N) is 2. The number of ether oxygens (including phenoxy) is 1. The Bertz CT molecular complexity index is 790. The number of aryl methyl sites for hydroxylation is 1. The number of fused-ring (bicyclic) bond motifs is 1. The van der Waals surface area contributed by atoms with Crippen molar-refractivity contribution in [1.82, 2.24) is 15.1 Å². The molecule has 1 unspecified atom stereocenters. The molecule has 1 heterocycles. The lowest BCUT2D eigenvalue weighted by molar-refractivity contribution is 0.0642. The molecule has 3 aliphatic rings. The van der Waals surface area contributed by atoms with Gasteiger partial charge >= 0.3 is 0 Å². The van der Waals surface area contributed by atoms with Crippen molar-refractivity contribution in [3.05, 3.63) is 47.3 Å². The van der Waals surface area contributed by atoms with Gasteiger partial charge in [-0.25, -0.2) is 0 Å². The molecule has 1 aromatic heterocycles. The maximum absolute atomic E-state index is 13.2. The number of hydrogen-bond donors (Lipinski definition) is 1. The lowest BCUT2D eigenvalue weighted by atomic mass is 9.91. The molecular formula is C21H25N3O2. The van der Waals surface area contributed by atoms with E-state index in [4.69, 9.17) is 4.74 Å². The number of aromatic amines is 1. The van der Waals surface area contributed by atoms with Crippen molar-refractivity contribution in [3.63, 3.8) is 0 Å². The van der Waals surface area contributed by atoms with Gasteiger partial charge in [0.15, 0.2) is 0 Å². The lowest BCUT2D eigenvalue weighted by Crippen LogP contribution is -2.44. The van der Waals surface area contributed by atoms with Crippen LogP contribution in [0.4, 0.5) is 0 Å². The smallest absolute Gasteiger partial charge is 0.254 e. The fourth-order valence-electron chi connectivity index (χ4n) is 4.12. The number of carbonyl (C=O) groups is 1. The molecule has 26 heavy (non-hydrogen) atoms. The predicted octanol–water partition coefficient (Wildman–Crippen LogP) is 3.50. The Hall–Kier alpha value is -2.30. The van der Waals surface area contributed by atoms with E-state index in [1.165, 1.54) is 17.7 Å². The summed E-state index contributed by atoms with van der Waals surface area (Å²) in [5, 5.41) is 7.25. The monoisotopic (exact) mass is 351 g/mol. The first kappa shape index (κ1) is 15.9. The Morgan fingerprint density at radius 2 is 1.88 bits per heavy atom. The minimum Gasteiger partial charge on any atom is -0.490 e. The third kappa shape index (κ3) is 3.00. The molecule has 1 amide bonds. The molecule has 5 heteroatoms. The molecule has 3 aliphatic carbocycles. The first-order valence-electron chi connectivity index (χ1n) is 9.88. The van der Waals surface area contributed by atoms with Crippen LogP contribution in [-0.2, 0) is 12.8 Å². The zero-order valence-electron chi connectivity index (χ0n) is 15.0. The molecule has 0 saturated heterocycles. The highest BCUT2D eigenvalue weighted by atomic mass is 16.5. The van der Waals surface area contributed by atoms with E-state index in [1.54, 1.807) is 0 Å². The van der Waals surface area contributed by atoms with E-state index in [0.29, 0.717) is 12.1 Å². The molecule has 1 N–H and O–H groups in total. The summed E-state index contributed by atoms with van der Waals surface area (Å²) < 4.78 is 5.92. The molecule has 0 bridgehead atoms. The van der Waals surface area contributed by atoms with Gasteiger partial charge in [0.2, 0.25) is 0 Å². The predicted molar refractivity (Wildman–Crippen MR) is 98.3 cm³/mol. The molecule has 5 rings (SSSR count). The summed E-state index contributed by atoms with van der Waals surface area (Å²) in [4.78, 5) is 15.4. The molecule has 2 aromatic rings. The van der Waals surface area contributed by atoms with Crippen LogP contribution < -0.4 is 4.74 Å². The molecule has 1 atom stereocenters. The van der Waals surface area contributed by atoms with E-state index < -0.39 is 0 Å². The molecular weight excluding hydrogens is 326 g/mol. The maximum atomic E-state index is 13.2. The third-order valence-electron chi connectivity index (χ3n) is 6.01. The molecule has 0 aliphatic heterocycles. The van der Waals surface area contributed by atoms with Gasteiger partial charge in [-0.2, -0.15) is 5.10 Å². The van der Waals surface area contributed by atoms with Crippen LogP contribution in [-0.4, -0.2) is 39.2 Å². The van der Waals surface area contributed by atoms with Gasteiger partial charge in [-0.15, -0.1) is 0 Å². The number of hydrogen-bond acceptors (Lipinski definition) is 3. The third-order valence-corrected chi connectivity index (χ3v) is 6.01. The fourth-order valence-corrected chi connectivity index (χ4v) is 4.12.